The quantitative estimate of drug-likeness (QED) is 0.862. The van der Waals surface area contributed by atoms with E-state index in [0.29, 0.717) is 6.54 Å². The van der Waals surface area contributed by atoms with Crippen molar-refractivity contribution in [2.75, 3.05) is 6.54 Å². The number of nitrogens with zero attached hydrogens (tertiary/aromatic N) is 1. The first-order valence-electron chi connectivity index (χ1n) is 6.73. The van der Waals surface area contributed by atoms with Crippen LogP contribution in [0.3, 0.4) is 0 Å². The molecule has 17 heavy (non-hydrogen) atoms. The smallest absolute Gasteiger partial charge is 0.255 e. The van der Waals surface area contributed by atoms with Crippen molar-refractivity contribution >= 4 is 0 Å². The molecule has 0 unspecified atom stereocenters. The number of fused-ring (bicyclic) bond motifs is 1. The van der Waals surface area contributed by atoms with Gasteiger partial charge in [0.15, 0.2) is 0 Å². The molecular weight excluding hydrogens is 212 g/mol. The van der Waals surface area contributed by atoms with Gasteiger partial charge in [-0.3, -0.25) is 4.79 Å². The molecule has 1 aromatic heterocycles. The summed E-state index contributed by atoms with van der Waals surface area (Å²) >= 11 is 0. The molecule has 1 aliphatic carbocycles. The largest absolute Gasteiger partial charge is 0.313 e. The van der Waals surface area contributed by atoms with Crippen molar-refractivity contribution in [2.45, 2.75) is 52.6 Å². The first-order chi connectivity index (χ1) is 8.27. The van der Waals surface area contributed by atoms with E-state index in [-0.39, 0.29) is 5.56 Å². The molecule has 0 radical (unpaired) electrons. The summed E-state index contributed by atoms with van der Waals surface area (Å²) in [5.74, 6) is 0. The predicted octanol–water partition coefficient (Wildman–Crippen LogP) is 1.86. The third-order valence-electron chi connectivity index (χ3n) is 3.56. The Morgan fingerprint density at radius 2 is 2.06 bits per heavy atom. The van der Waals surface area contributed by atoms with Gasteiger partial charge in [0.2, 0.25) is 0 Å². The molecular formula is C14H22N2O. The van der Waals surface area contributed by atoms with Gasteiger partial charge >= 0.3 is 0 Å². The molecule has 2 rings (SSSR count). The van der Waals surface area contributed by atoms with Crippen LogP contribution in [-0.4, -0.2) is 11.1 Å². The number of aromatic nitrogens is 1. The number of hydrogen-bond donors (Lipinski definition) is 1. The van der Waals surface area contributed by atoms with Gasteiger partial charge in [-0.2, -0.15) is 0 Å². The predicted molar refractivity (Wildman–Crippen MR) is 70.4 cm³/mol. The topological polar surface area (TPSA) is 34.0 Å². The second kappa shape index (κ2) is 5.50. The van der Waals surface area contributed by atoms with Crippen LogP contribution in [0.5, 0.6) is 0 Å². The van der Waals surface area contributed by atoms with E-state index in [1.807, 2.05) is 4.57 Å². The summed E-state index contributed by atoms with van der Waals surface area (Å²) in [6, 6.07) is 2.13. The minimum absolute atomic E-state index is 0.203. The van der Waals surface area contributed by atoms with Crippen LogP contribution in [0.1, 0.15) is 43.5 Å². The highest BCUT2D eigenvalue weighted by Gasteiger charge is 2.16. The summed E-state index contributed by atoms with van der Waals surface area (Å²) in [7, 11) is 0. The highest BCUT2D eigenvalue weighted by molar-refractivity contribution is 5.29. The Hall–Kier alpha value is -1.09. The maximum Gasteiger partial charge on any atom is 0.255 e. The molecule has 0 aliphatic heterocycles. The molecule has 0 saturated carbocycles. The molecule has 0 bridgehead atoms. The molecule has 0 atom stereocenters. The van der Waals surface area contributed by atoms with Crippen LogP contribution in [0.4, 0.5) is 0 Å². The van der Waals surface area contributed by atoms with Crippen LogP contribution in [0.2, 0.25) is 0 Å². The monoisotopic (exact) mass is 234 g/mol. The molecule has 1 aliphatic rings. The maximum absolute atomic E-state index is 12.3. The molecule has 94 valence electrons. The Balaban J connectivity index is 2.44. The van der Waals surface area contributed by atoms with Crippen LogP contribution < -0.4 is 10.9 Å². The van der Waals surface area contributed by atoms with Gasteiger partial charge in [-0.25, -0.2) is 0 Å². The van der Waals surface area contributed by atoms with Gasteiger partial charge in [-0.05, 0) is 50.8 Å². The van der Waals surface area contributed by atoms with Gasteiger partial charge < -0.3 is 9.88 Å². The fraction of sp³-hybridized carbons (Fsp3) is 0.643. The van der Waals surface area contributed by atoms with Crippen molar-refractivity contribution in [3.63, 3.8) is 0 Å². The Bertz CT molecular complexity index is 448. The summed E-state index contributed by atoms with van der Waals surface area (Å²) in [6.45, 7) is 6.52. The van der Waals surface area contributed by atoms with Crippen molar-refractivity contribution in [2.24, 2.45) is 0 Å². The summed E-state index contributed by atoms with van der Waals surface area (Å²) < 4.78 is 1.97. The van der Waals surface area contributed by atoms with E-state index in [1.165, 1.54) is 24.1 Å². The van der Waals surface area contributed by atoms with Gasteiger partial charge in [0.25, 0.3) is 5.56 Å². The first-order valence-corrected chi connectivity index (χ1v) is 6.73. The van der Waals surface area contributed by atoms with Gasteiger partial charge in [-0.15, -0.1) is 0 Å². The SMILES string of the molecule is CCNCc1cc2c(n(CC)c1=O)CCCC2. The molecule has 1 heterocycles. The zero-order valence-corrected chi connectivity index (χ0v) is 10.9. The van der Waals surface area contributed by atoms with Gasteiger partial charge in [0.05, 0.1) is 0 Å². The van der Waals surface area contributed by atoms with Crippen LogP contribution in [0, 0.1) is 0 Å². The van der Waals surface area contributed by atoms with Crippen molar-refractivity contribution in [3.05, 3.63) is 33.2 Å². The van der Waals surface area contributed by atoms with Crippen molar-refractivity contribution in [1.29, 1.82) is 0 Å². The van der Waals surface area contributed by atoms with Crippen molar-refractivity contribution in [1.82, 2.24) is 9.88 Å². The zero-order chi connectivity index (χ0) is 12.3. The lowest BCUT2D eigenvalue weighted by atomic mass is 9.94. The fourth-order valence-corrected chi connectivity index (χ4v) is 2.67. The fourth-order valence-electron chi connectivity index (χ4n) is 2.67. The average molecular weight is 234 g/mol. The van der Waals surface area contributed by atoms with E-state index in [4.69, 9.17) is 0 Å². The number of nitrogens with one attached hydrogen (secondary N) is 1. The number of pyridine rings is 1. The van der Waals surface area contributed by atoms with E-state index in [0.717, 1.165) is 31.5 Å². The van der Waals surface area contributed by atoms with Crippen molar-refractivity contribution in [3.8, 4) is 0 Å². The van der Waals surface area contributed by atoms with E-state index in [2.05, 4.69) is 25.2 Å². The third kappa shape index (κ3) is 2.44. The summed E-state index contributed by atoms with van der Waals surface area (Å²) in [5, 5.41) is 3.25. The molecule has 1 aromatic rings. The van der Waals surface area contributed by atoms with E-state index in [1.54, 1.807) is 0 Å². The molecule has 0 saturated heterocycles. The molecule has 3 heteroatoms. The Labute approximate surface area is 103 Å². The molecule has 0 amide bonds. The lowest BCUT2D eigenvalue weighted by molar-refractivity contribution is 0.581. The molecule has 1 N–H and O–H groups in total. The third-order valence-corrected chi connectivity index (χ3v) is 3.56. The van der Waals surface area contributed by atoms with Crippen LogP contribution in [0.15, 0.2) is 10.9 Å². The van der Waals surface area contributed by atoms with Crippen molar-refractivity contribution < 1.29 is 0 Å². The highest BCUT2D eigenvalue weighted by Crippen LogP contribution is 2.20. The van der Waals surface area contributed by atoms with Crippen LogP contribution in [-0.2, 0) is 25.9 Å². The van der Waals surface area contributed by atoms with Gasteiger partial charge in [-0.1, -0.05) is 6.92 Å². The van der Waals surface area contributed by atoms with E-state index >= 15 is 0 Å². The number of aryl methyl sites for hydroxylation is 1. The summed E-state index contributed by atoms with van der Waals surface area (Å²) in [4.78, 5) is 12.3. The van der Waals surface area contributed by atoms with Gasteiger partial charge in [0, 0.05) is 24.3 Å². The lowest BCUT2D eigenvalue weighted by Gasteiger charge is -2.21. The van der Waals surface area contributed by atoms with E-state index < -0.39 is 0 Å². The first kappa shape index (κ1) is 12.4. The van der Waals surface area contributed by atoms with Crippen LogP contribution >= 0.6 is 0 Å². The van der Waals surface area contributed by atoms with Gasteiger partial charge in [0.1, 0.15) is 0 Å². The molecule has 0 aromatic carbocycles. The molecule has 3 nitrogen and oxygen atoms in total. The second-order valence-electron chi connectivity index (χ2n) is 4.68. The highest BCUT2D eigenvalue weighted by atomic mass is 16.1. The minimum Gasteiger partial charge on any atom is -0.313 e. The lowest BCUT2D eigenvalue weighted by Crippen LogP contribution is -2.31. The van der Waals surface area contributed by atoms with E-state index in [9.17, 15) is 4.79 Å². The summed E-state index contributed by atoms with van der Waals surface area (Å²) in [5.41, 5.74) is 3.80. The Kier molecular flexibility index (Phi) is 4.00. The Morgan fingerprint density at radius 3 is 2.76 bits per heavy atom. The number of hydrogen-bond acceptors (Lipinski definition) is 2. The van der Waals surface area contributed by atoms with Crippen LogP contribution in [0.25, 0.3) is 0 Å². The normalized spacial score (nSPS) is 14.7. The average Bonchev–Trinajstić information content (AvgIpc) is 2.36. The molecule has 0 spiro atoms. The summed E-state index contributed by atoms with van der Waals surface area (Å²) in [6.07, 6.45) is 4.68. The minimum atomic E-state index is 0.203. The second-order valence-corrected chi connectivity index (χ2v) is 4.68. The standard InChI is InChI=1S/C14H22N2O/c1-3-15-10-12-9-11-7-5-6-8-13(11)16(4-2)14(12)17/h9,15H,3-8,10H2,1-2H3. The molecule has 0 fully saturated rings. The number of rotatable bonds is 4. The maximum atomic E-state index is 12.3. The Morgan fingerprint density at radius 1 is 1.29 bits per heavy atom. The zero-order valence-electron chi connectivity index (χ0n) is 10.9.